The van der Waals surface area contributed by atoms with E-state index in [2.05, 4.69) is 60.5 Å². The Balaban J connectivity index is 1.57. The fraction of sp³-hybridized carbons (Fsp3) is 0.450. The van der Waals surface area contributed by atoms with Crippen molar-refractivity contribution in [3.8, 4) is 0 Å². The molecule has 2 aromatic rings. The van der Waals surface area contributed by atoms with Crippen LogP contribution in [0.25, 0.3) is 0 Å². The van der Waals surface area contributed by atoms with Gasteiger partial charge in [0.15, 0.2) is 0 Å². The maximum Gasteiger partial charge on any atom is 0.227 e. The standard InChI is InChI=1S/C20H25NOS2/c1-15(2)24-19-9-5-16(6-10-19)14-20(22)21(17-7-8-17)12-11-18-4-3-13-23-18/h3-6,9-10,13,15,17H,7-8,11-12,14H2,1-2H3. The quantitative estimate of drug-likeness (QED) is 0.617. The lowest BCUT2D eigenvalue weighted by molar-refractivity contribution is -0.131. The van der Waals surface area contributed by atoms with Crippen molar-refractivity contribution in [1.29, 1.82) is 0 Å². The lowest BCUT2D eigenvalue weighted by atomic mass is 10.1. The van der Waals surface area contributed by atoms with Crippen LogP contribution in [0, 0.1) is 0 Å². The first kappa shape index (κ1) is 17.6. The molecule has 0 atom stereocenters. The van der Waals surface area contributed by atoms with Gasteiger partial charge < -0.3 is 4.90 Å². The van der Waals surface area contributed by atoms with Crippen molar-refractivity contribution < 1.29 is 4.79 Å². The van der Waals surface area contributed by atoms with Gasteiger partial charge in [0.1, 0.15) is 0 Å². The number of thioether (sulfide) groups is 1. The molecule has 24 heavy (non-hydrogen) atoms. The zero-order valence-corrected chi connectivity index (χ0v) is 16.0. The SMILES string of the molecule is CC(C)Sc1ccc(CC(=O)N(CCc2cccs2)C2CC2)cc1. The molecule has 1 saturated carbocycles. The molecule has 1 heterocycles. The van der Waals surface area contributed by atoms with Crippen LogP contribution in [0.15, 0.2) is 46.7 Å². The lowest BCUT2D eigenvalue weighted by Gasteiger charge is -2.22. The highest BCUT2D eigenvalue weighted by molar-refractivity contribution is 7.99. The van der Waals surface area contributed by atoms with Gasteiger partial charge in [0, 0.05) is 27.6 Å². The second-order valence-electron chi connectivity index (χ2n) is 6.64. The highest BCUT2D eigenvalue weighted by atomic mass is 32.2. The minimum atomic E-state index is 0.276. The van der Waals surface area contributed by atoms with Gasteiger partial charge in [-0.3, -0.25) is 4.79 Å². The van der Waals surface area contributed by atoms with Gasteiger partial charge in [-0.15, -0.1) is 23.1 Å². The van der Waals surface area contributed by atoms with Crippen LogP contribution in [-0.2, 0) is 17.6 Å². The molecule has 0 unspecified atom stereocenters. The van der Waals surface area contributed by atoms with E-state index in [0.717, 1.165) is 18.5 Å². The third-order valence-corrected chi connectivity index (χ3v) is 6.09. The van der Waals surface area contributed by atoms with Gasteiger partial charge in [-0.05, 0) is 48.4 Å². The van der Waals surface area contributed by atoms with E-state index >= 15 is 0 Å². The number of carbonyl (C=O) groups excluding carboxylic acids is 1. The normalized spacial score (nSPS) is 14.1. The van der Waals surface area contributed by atoms with Crippen LogP contribution in [-0.4, -0.2) is 28.6 Å². The Labute approximate surface area is 153 Å². The van der Waals surface area contributed by atoms with Crippen LogP contribution in [0.3, 0.4) is 0 Å². The van der Waals surface area contributed by atoms with E-state index in [0.29, 0.717) is 17.7 Å². The predicted octanol–water partition coefficient (Wildman–Crippen LogP) is 5.02. The van der Waals surface area contributed by atoms with Crippen molar-refractivity contribution >= 4 is 29.0 Å². The number of hydrogen-bond acceptors (Lipinski definition) is 3. The summed E-state index contributed by atoms with van der Waals surface area (Å²) in [4.78, 5) is 17.5. The summed E-state index contributed by atoms with van der Waals surface area (Å²) in [5.74, 6) is 0.276. The summed E-state index contributed by atoms with van der Waals surface area (Å²) in [5.41, 5.74) is 1.12. The molecule has 1 aliphatic rings. The zero-order valence-electron chi connectivity index (χ0n) is 14.4. The van der Waals surface area contributed by atoms with Crippen LogP contribution >= 0.6 is 23.1 Å². The van der Waals surface area contributed by atoms with Gasteiger partial charge in [-0.1, -0.05) is 32.0 Å². The summed E-state index contributed by atoms with van der Waals surface area (Å²) in [7, 11) is 0. The molecule has 4 heteroatoms. The second-order valence-corrected chi connectivity index (χ2v) is 9.32. The largest absolute Gasteiger partial charge is 0.339 e. The Hall–Kier alpha value is -1.26. The fourth-order valence-corrected chi connectivity index (χ4v) is 4.35. The number of carbonyl (C=O) groups is 1. The van der Waals surface area contributed by atoms with Crippen LogP contribution in [0.2, 0.25) is 0 Å². The van der Waals surface area contributed by atoms with Crippen LogP contribution in [0.4, 0.5) is 0 Å². The third kappa shape index (κ3) is 5.12. The molecule has 0 aliphatic heterocycles. The van der Waals surface area contributed by atoms with Crippen LogP contribution < -0.4 is 0 Å². The number of hydrogen-bond donors (Lipinski definition) is 0. The molecule has 0 N–H and O–H groups in total. The Morgan fingerprint density at radius 3 is 2.58 bits per heavy atom. The summed E-state index contributed by atoms with van der Waals surface area (Å²) in [6.45, 7) is 5.25. The molecular weight excluding hydrogens is 334 g/mol. The van der Waals surface area contributed by atoms with Gasteiger partial charge in [0.25, 0.3) is 0 Å². The summed E-state index contributed by atoms with van der Waals surface area (Å²) in [6, 6.07) is 13.2. The zero-order chi connectivity index (χ0) is 16.9. The molecule has 0 saturated heterocycles. The fourth-order valence-electron chi connectivity index (χ4n) is 2.82. The smallest absolute Gasteiger partial charge is 0.227 e. The molecule has 1 aromatic carbocycles. The number of benzene rings is 1. The average molecular weight is 360 g/mol. The van der Waals surface area contributed by atoms with Gasteiger partial charge in [0.2, 0.25) is 5.91 Å². The predicted molar refractivity (Wildman–Crippen MR) is 104 cm³/mol. The lowest BCUT2D eigenvalue weighted by Crippen LogP contribution is -2.35. The Kier molecular flexibility index (Phi) is 6.01. The summed E-state index contributed by atoms with van der Waals surface area (Å²) in [6.07, 6.45) is 3.83. The Morgan fingerprint density at radius 1 is 1.25 bits per heavy atom. The minimum Gasteiger partial charge on any atom is -0.339 e. The van der Waals surface area contributed by atoms with Crippen molar-refractivity contribution in [1.82, 2.24) is 4.90 Å². The van der Waals surface area contributed by atoms with E-state index in [4.69, 9.17) is 0 Å². The molecule has 1 fully saturated rings. The molecule has 0 spiro atoms. The van der Waals surface area contributed by atoms with Crippen molar-refractivity contribution in [2.24, 2.45) is 0 Å². The number of rotatable bonds is 8. The summed E-state index contributed by atoms with van der Waals surface area (Å²) >= 11 is 3.64. The molecule has 1 aliphatic carbocycles. The van der Waals surface area contributed by atoms with Crippen LogP contribution in [0.5, 0.6) is 0 Å². The molecule has 3 rings (SSSR count). The van der Waals surface area contributed by atoms with Crippen molar-refractivity contribution in [2.45, 2.75) is 55.7 Å². The van der Waals surface area contributed by atoms with E-state index < -0.39 is 0 Å². The molecule has 1 amide bonds. The van der Waals surface area contributed by atoms with Gasteiger partial charge in [0.05, 0.1) is 6.42 Å². The average Bonchev–Trinajstić information content (AvgIpc) is 3.24. The first-order valence-corrected chi connectivity index (χ1v) is 10.4. The van der Waals surface area contributed by atoms with E-state index in [1.165, 1.54) is 22.6 Å². The number of amides is 1. The summed E-state index contributed by atoms with van der Waals surface area (Å²) in [5, 5.41) is 2.69. The molecule has 1 aromatic heterocycles. The maximum absolute atomic E-state index is 12.7. The van der Waals surface area contributed by atoms with Crippen molar-refractivity contribution in [3.05, 3.63) is 52.2 Å². The molecular formula is C20H25NOS2. The van der Waals surface area contributed by atoms with E-state index in [1.54, 1.807) is 11.3 Å². The number of nitrogens with zero attached hydrogens (tertiary/aromatic N) is 1. The Morgan fingerprint density at radius 2 is 2.00 bits per heavy atom. The van der Waals surface area contributed by atoms with Gasteiger partial charge in [-0.25, -0.2) is 0 Å². The number of thiophene rings is 1. The van der Waals surface area contributed by atoms with Gasteiger partial charge >= 0.3 is 0 Å². The second kappa shape index (κ2) is 8.21. The Bertz CT molecular complexity index is 645. The first-order valence-electron chi connectivity index (χ1n) is 8.69. The van der Waals surface area contributed by atoms with Gasteiger partial charge in [-0.2, -0.15) is 0 Å². The van der Waals surface area contributed by atoms with E-state index in [-0.39, 0.29) is 5.91 Å². The third-order valence-electron chi connectivity index (χ3n) is 4.14. The topological polar surface area (TPSA) is 20.3 Å². The monoisotopic (exact) mass is 359 g/mol. The van der Waals surface area contributed by atoms with Crippen molar-refractivity contribution in [2.75, 3.05) is 6.54 Å². The molecule has 0 radical (unpaired) electrons. The minimum absolute atomic E-state index is 0.276. The van der Waals surface area contributed by atoms with Crippen LogP contribution in [0.1, 0.15) is 37.1 Å². The molecule has 2 nitrogen and oxygen atoms in total. The highest BCUT2D eigenvalue weighted by Crippen LogP contribution is 2.28. The highest BCUT2D eigenvalue weighted by Gasteiger charge is 2.32. The molecule has 0 bridgehead atoms. The summed E-state index contributed by atoms with van der Waals surface area (Å²) < 4.78 is 0. The molecule has 128 valence electrons. The van der Waals surface area contributed by atoms with Crippen molar-refractivity contribution in [3.63, 3.8) is 0 Å². The van der Waals surface area contributed by atoms with E-state index in [9.17, 15) is 4.79 Å². The van der Waals surface area contributed by atoms with E-state index in [1.807, 2.05) is 11.8 Å². The maximum atomic E-state index is 12.7. The first-order chi connectivity index (χ1) is 11.6.